The molecule has 76 valence electrons. The molecule has 5 heteroatoms. The second-order valence-corrected chi connectivity index (χ2v) is 3.58. The van der Waals surface area contributed by atoms with Gasteiger partial charge in [0.1, 0.15) is 5.54 Å². The Bertz CT molecular complexity index is 188. The number of carbonyl (C=O) groups is 1. The number of ether oxygens (including phenoxy) is 2. The Morgan fingerprint density at radius 2 is 2.46 bits per heavy atom. The van der Waals surface area contributed by atoms with Crippen molar-refractivity contribution in [3.8, 4) is 0 Å². The lowest BCUT2D eigenvalue weighted by Crippen LogP contribution is -2.53. The molecule has 13 heavy (non-hydrogen) atoms. The van der Waals surface area contributed by atoms with Crippen LogP contribution in [0.25, 0.3) is 0 Å². The maximum Gasteiger partial charge on any atom is 0.239 e. The summed E-state index contributed by atoms with van der Waals surface area (Å²) < 4.78 is 10.5. The fourth-order valence-corrected chi connectivity index (χ4v) is 1.01. The lowest BCUT2D eigenvalue weighted by Gasteiger charge is -2.22. The summed E-state index contributed by atoms with van der Waals surface area (Å²) in [5, 5.41) is 0. The van der Waals surface area contributed by atoms with Gasteiger partial charge in [0.25, 0.3) is 0 Å². The normalized spacial score (nSPS) is 27.1. The van der Waals surface area contributed by atoms with Gasteiger partial charge < -0.3 is 20.9 Å². The van der Waals surface area contributed by atoms with Crippen LogP contribution in [-0.4, -0.2) is 37.4 Å². The van der Waals surface area contributed by atoms with Crippen LogP contribution in [0.4, 0.5) is 0 Å². The fourth-order valence-electron chi connectivity index (χ4n) is 1.01. The third-order valence-corrected chi connectivity index (χ3v) is 2.07. The molecular formula is C8H16N2O3. The molecule has 1 fully saturated rings. The van der Waals surface area contributed by atoms with E-state index in [9.17, 15) is 4.79 Å². The molecule has 2 atom stereocenters. The quantitative estimate of drug-likeness (QED) is 0.592. The van der Waals surface area contributed by atoms with Crippen LogP contribution in [0.5, 0.6) is 0 Å². The van der Waals surface area contributed by atoms with Crippen LogP contribution in [0.2, 0.25) is 0 Å². The smallest absolute Gasteiger partial charge is 0.239 e. The van der Waals surface area contributed by atoms with Crippen molar-refractivity contribution in [1.82, 2.24) is 0 Å². The molecule has 0 bridgehead atoms. The summed E-state index contributed by atoms with van der Waals surface area (Å²) in [6.45, 7) is 3.00. The van der Waals surface area contributed by atoms with Crippen LogP contribution in [-0.2, 0) is 14.3 Å². The van der Waals surface area contributed by atoms with Crippen molar-refractivity contribution >= 4 is 5.91 Å². The third kappa shape index (κ3) is 2.95. The Hall–Kier alpha value is -0.650. The minimum atomic E-state index is -1.08. The van der Waals surface area contributed by atoms with E-state index in [1.807, 2.05) is 0 Å². The van der Waals surface area contributed by atoms with Crippen molar-refractivity contribution in [2.75, 3.05) is 19.8 Å². The summed E-state index contributed by atoms with van der Waals surface area (Å²) in [6.07, 6.45) is 0.914. The van der Waals surface area contributed by atoms with E-state index in [1.165, 1.54) is 0 Å². The summed E-state index contributed by atoms with van der Waals surface area (Å²) >= 11 is 0. The van der Waals surface area contributed by atoms with Gasteiger partial charge in [0.2, 0.25) is 5.91 Å². The van der Waals surface area contributed by atoms with E-state index in [4.69, 9.17) is 20.9 Å². The number of carbonyl (C=O) groups excluding carboxylic acids is 1. The molecule has 0 aromatic heterocycles. The van der Waals surface area contributed by atoms with Gasteiger partial charge in [-0.15, -0.1) is 0 Å². The molecular weight excluding hydrogens is 172 g/mol. The van der Waals surface area contributed by atoms with Crippen molar-refractivity contribution in [3.05, 3.63) is 0 Å². The lowest BCUT2D eigenvalue weighted by molar-refractivity contribution is -0.125. The maximum atomic E-state index is 10.8. The van der Waals surface area contributed by atoms with Gasteiger partial charge >= 0.3 is 0 Å². The lowest BCUT2D eigenvalue weighted by atomic mass is 10.1. The highest BCUT2D eigenvalue weighted by atomic mass is 16.5. The Kier molecular flexibility index (Phi) is 3.24. The van der Waals surface area contributed by atoms with Crippen molar-refractivity contribution in [3.63, 3.8) is 0 Å². The van der Waals surface area contributed by atoms with E-state index < -0.39 is 11.4 Å². The molecule has 0 aromatic rings. The largest absolute Gasteiger partial charge is 0.379 e. The summed E-state index contributed by atoms with van der Waals surface area (Å²) in [6, 6.07) is 0. The van der Waals surface area contributed by atoms with E-state index in [2.05, 4.69) is 0 Å². The van der Waals surface area contributed by atoms with Gasteiger partial charge in [-0.1, -0.05) is 0 Å². The highest BCUT2D eigenvalue weighted by molar-refractivity contribution is 5.83. The van der Waals surface area contributed by atoms with Gasteiger partial charge in [0.15, 0.2) is 0 Å². The number of rotatable bonds is 4. The van der Waals surface area contributed by atoms with Gasteiger partial charge in [0, 0.05) is 6.61 Å². The summed E-state index contributed by atoms with van der Waals surface area (Å²) in [4.78, 5) is 10.8. The van der Waals surface area contributed by atoms with Crippen molar-refractivity contribution in [2.24, 2.45) is 11.5 Å². The van der Waals surface area contributed by atoms with Gasteiger partial charge in [-0.25, -0.2) is 0 Å². The van der Waals surface area contributed by atoms with E-state index in [0.29, 0.717) is 13.2 Å². The number of hydrogen-bond acceptors (Lipinski definition) is 4. The van der Waals surface area contributed by atoms with Crippen molar-refractivity contribution in [2.45, 2.75) is 25.0 Å². The highest BCUT2D eigenvalue weighted by Crippen LogP contribution is 2.10. The maximum absolute atomic E-state index is 10.8. The van der Waals surface area contributed by atoms with Crippen LogP contribution in [0, 0.1) is 0 Å². The molecule has 0 aromatic carbocycles. The first kappa shape index (κ1) is 10.4. The zero-order valence-electron chi connectivity index (χ0n) is 7.79. The second kappa shape index (κ2) is 4.04. The molecule has 2 unspecified atom stereocenters. The topological polar surface area (TPSA) is 87.6 Å². The first-order valence-electron chi connectivity index (χ1n) is 4.30. The minimum Gasteiger partial charge on any atom is -0.379 e. The summed E-state index contributed by atoms with van der Waals surface area (Å²) in [7, 11) is 0. The van der Waals surface area contributed by atoms with Gasteiger partial charge in [-0.3, -0.25) is 4.79 Å². The van der Waals surface area contributed by atoms with Gasteiger partial charge in [-0.05, 0) is 13.3 Å². The Balaban J connectivity index is 2.28. The third-order valence-electron chi connectivity index (χ3n) is 2.07. The number of primary amides is 1. The van der Waals surface area contributed by atoms with Crippen LogP contribution < -0.4 is 11.5 Å². The van der Waals surface area contributed by atoms with E-state index in [-0.39, 0.29) is 12.7 Å². The first-order valence-corrected chi connectivity index (χ1v) is 4.30. The molecule has 1 rings (SSSR count). The Morgan fingerprint density at radius 3 is 2.92 bits per heavy atom. The molecule has 1 amide bonds. The minimum absolute atomic E-state index is 0.0576. The number of hydrogen-bond donors (Lipinski definition) is 2. The predicted molar refractivity (Wildman–Crippen MR) is 47.0 cm³/mol. The molecule has 0 radical (unpaired) electrons. The average molecular weight is 188 g/mol. The second-order valence-electron chi connectivity index (χ2n) is 3.58. The van der Waals surface area contributed by atoms with Crippen molar-refractivity contribution < 1.29 is 14.3 Å². The van der Waals surface area contributed by atoms with E-state index >= 15 is 0 Å². The first-order chi connectivity index (χ1) is 6.02. The highest BCUT2D eigenvalue weighted by Gasteiger charge is 2.28. The molecule has 1 saturated heterocycles. The molecule has 5 nitrogen and oxygen atoms in total. The standard InChI is InChI=1S/C8H16N2O3/c1-8(10,7(9)11)5-13-6-2-3-12-4-6/h6H,2-5,10H2,1H3,(H2,9,11). The predicted octanol–water partition coefficient (Wildman–Crippen LogP) is -1.01. The SMILES string of the molecule is CC(N)(COC1CCOC1)C(N)=O. The molecule has 4 N–H and O–H groups in total. The Morgan fingerprint density at radius 1 is 1.77 bits per heavy atom. The molecule has 0 spiro atoms. The average Bonchev–Trinajstić information content (AvgIpc) is 2.52. The van der Waals surface area contributed by atoms with Gasteiger partial charge in [-0.2, -0.15) is 0 Å². The van der Waals surface area contributed by atoms with E-state index in [1.54, 1.807) is 6.92 Å². The van der Waals surface area contributed by atoms with Crippen LogP contribution in [0.1, 0.15) is 13.3 Å². The molecule has 1 heterocycles. The molecule has 0 saturated carbocycles. The number of amides is 1. The Labute approximate surface area is 77.4 Å². The number of nitrogens with two attached hydrogens (primary N) is 2. The summed E-state index contributed by atoms with van der Waals surface area (Å²) in [5.41, 5.74) is 9.60. The fraction of sp³-hybridized carbons (Fsp3) is 0.875. The monoisotopic (exact) mass is 188 g/mol. The van der Waals surface area contributed by atoms with E-state index in [0.717, 1.165) is 6.42 Å². The van der Waals surface area contributed by atoms with Gasteiger partial charge in [0.05, 0.1) is 19.3 Å². The zero-order valence-corrected chi connectivity index (χ0v) is 7.79. The van der Waals surface area contributed by atoms with Crippen molar-refractivity contribution in [1.29, 1.82) is 0 Å². The molecule has 1 aliphatic heterocycles. The van der Waals surface area contributed by atoms with Crippen LogP contribution in [0.15, 0.2) is 0 Å². The summed E-state index contributed by atoms with van der Waals surface area (Å²) in [5.74, 6) is -0.550. The van der Waals surface area contributed by atoms with Crippen LogP contribution >= 0.6 is 0 Å². The molecule has 0 aliphatic carbocycles. The van der Waals surface area contributed by atoms with Crippen LogP contribution in [0.3, 0.4) is 0 Å². The molecule has 1 aliphatic rings. The zero-order chi connectivity index (χ0) is 9.90.